The van der Waals surface area contributed by atoms with Gasteiger partial charge in [-0.25, -0.2) is 5.84 Å². The lowest BCUT2D eigenvalue weighted by Crippen LogP contribution is -2.57. The van der Waals surface area contributed by atoms with Crippen LogP contribution in [0.15, 0.2) is 54.7 Å². The van der Waals surface area contributed by atoms with E-state index in [9.17, 15) is 19.5 Å². The first-order chi connectivity index (χ1) is 17.8. The topological polar surface area (TPSA) is 146 Å². The maximum Gasteiger partial charge on any atom is 0.256 e. The normalized spacial score (nSPS) is 14.0. The maximum absolute atomic E-state index is 13.5. The van der Waals surface area contributed by atoms with Crippen molar-refractivity contribution in [1.82, 2.24) is 21.0 Å². The molecule has 3 amide bonds. The van der Waals surface area contributed by atoms with Crippen LogP contribution in [0.25, 0.3) is 22.0 Å². The Labute approximate surface area is 223 Å². The molecule has 1 heterocycles. The molecule has 202 valence electrons. The Morgan fingerprint density at radius 1 is 0.921 bits per heavy atom. The summed E-state index contributed by atoms with van der Waals surface area (Å²) in [5.74, 6) is 3.61. The summed E-state index contributed by atoms with van der Waals surface area (Å²) in [6.45, 7) is 10.5. The van der Waals surface area contributed by atoms with Gasteiger partial charge in [-0.05, 0) is 68.3 Å². The van der Waals surface area contributed by atoms with Crippen LogP contribution in [0.5, 0.6) is 0 Å². The van der Waals surface area contributed by atoms with Crippen LogP contribution in [0, 0.1) is 5.92 Å². The molecule has 3 atom stereocenters. The standard InChI is InChI=1S/C29H37N5O4/c1-16(2)25(27(37)32-17(3)26(36)34-30)33-28(38)29(5,6)23-9-7-8-20(13-23)24-14-22-12-19(18(4)35)10-11-21(22)15-31-24/h7-18,25,35H,30H2,1-6H3,(H,32,37)(H,33,38)(H,34,36)/t17-,18+,25-/m0/s1. The number of hydrogen-bond acceptors (Lipinski definition) is 6. The quantitative estimate of drug-likeness (QED) is 0.167. The summed E-state index contributed by atoms with van der Waals surface area (Å²) in [6.07, 6.45) is 1.22. The molecule has 0 aliphatic heterocycles. The molecule has 3 rings (SSSR count). The predicted octanol–water partition coefficient (Wildman–Crippen LogP) is 2.87. The molecular formula is C29H37N5O4. The molecule has 9 heteroatoms. The van der Waals surface area contributed by atoms with Gasteiger partial charge in [-0.2, -0.15) is 0 Å². The molecule has 0 aliphatic rings. The third-order valence-electron chi connectivity index (χ3n) is 6.81. The minimum Gasteiger partial charge on any atom is -0.389 e. The van der Waals surface area contributed by atoms with E-state index in [0.29, 0.717) is 0 Å². The number of pyridine rings is 1. The number of nitrogens with two attached hydrogens (primary N) is 1. The highest BCUT2D eigenvalue weighted by Crippen LogP contribution is 2.30. The minimum absolute atomic E-state index is 0.220. The average molecular weight is 520 g/mol. The number of rotatable bonds is 9. The van der Waals surface area contributed by atoms with Gasteiger partial charge in [0.2, 0.25) is 11.8 Å². The Morgan fingerprint density at radius 3 is 2.26 bits per heavy atom. The van der Waals surface area contributed by atoms with Gasteiger partial charge in [0.15, 0.2) is 0 Å². The zero-order valence-electron chi connectivity index (χ0n) is 22.7. The van der Waals surface area contributed by atoms with E-state index >= 15 is 0 Å². The molecule has 0 aliphatic carbocycles. The van der Waals surface area contributed by atoms with Gasteiger partial charge < -0.3 is 15.7 Å². The number of carbonyl (C=O) groups excluding carboxylic acids is 3. The van der Waals surface area contributed by atoms with E-state index in [0.717, 1.165) is 33.2 Å². The van der Waals surface area contributed by atoms with Crippen LogP contribution in [0.2, 0.25) is 0 Å². The van der Waals surface area contributed by atoms with Crippen molar-refractivity contribution in [2.24, 2.45) is 11.8 Å². The van der Waals surface area contributed by atoms with Crippen molar-refractivity contribution in [2.45, 2.75) is 65.1 Å². The molecular weight excluding hydrogens is 482 g/mol. The van der Waals surface area contributed by atoms with Crippen LogP contribution in [0.1, 0.15) is 58.8 Å². The van der Waals surface area contributed by atoms with Crippen LogP contribution >= 0.6 is 0 Å². The number of aromatic nitrogens is 1. The summed E-state index contributed by atoms with van der Waals surface area (Å²) in [7, 11) is 0. The molecule has 0 bridgehead atoms. The zero-order chi connectivity index (χ0) is 28.2. The molecule has 0 unspecified atom stereocenters. The van der Waals surface area contributed by atoms with E-state index in [1.807, 2.05) is 67.8 Å². The van der Waals surface area contributed by atoms with Crippen molar-refractivity contribution < 1.29 is 19.5 Å². The van der Waals surface area contributed by atoms with Crippen molar-refractivity contribution in [2.75, 3.05) is 0 Å². The Bertz CT molecular complexity index is 1340. The number of carbonyl (C=O) groups is 3. The number of nitrogens with zero attached hydrogens (tertiary/aromatic N) is 1. The fraction of sp³-hybridized carbons (Fsp3) is 0.379. The second kappa shape index (κ2) is 11.7. The van der Waals surface area contributed by atoms with Gasteiger partial charge >= 0.3 is 0 Å². The lowest BCUT2D eigenvalue weighted by Gasteiger charge is -2.30. The van der Waals surface area contributed by atoms with Crippen molar-refractivity contribution in [3.05, 3.63) is 65.9 Å². The summed E-state index contributed by atoms with van der Waals surface area (Å²) in [4.78, 5) is 42.6. The van der Waals surface area contributed by atoms with E-state index in [2.05, 4.69) is 15.6 Å². The first-order valence-electron chi connectivity index (χ1n) is 12.7. The number of amides is 3. The molecule has 2 aromatic carbocycles. The third-order valence-corrected chi connectivity index (χ3v) is 6.81. The first-order valence-corrected chi connectivity index (χ1v) is 12.7. The van der Waals surface area contributed by atoms with E-state index in [1.54, 1.807) is 27.0 Å². The lowest BCUT2D eigenvalue weighted by molar-refractivity contribution is -0.134. The predicted molar refractivity (Wildman–Crippen MR) is 148 cm³/mol. The van der Waals surface area contributed by atoms with Gasteiger partial charge in [0, 0.05) is 17.1 Å². The van der Waals surface area contributed by atoms with Crippen LogP contribution in [0.3, 0.4) is 0 Å². The van der Waals surface area contributed by atoms with Gasteiger partial charge in [-0.15, -0.1) is 0 Å². The largest absolute Gasteiger partial charge is 0.389 e. The number of hydrazine groups is 1. The van der Waals surface area contributed by atoms with Crippen molar-refractivity contribution >= 4 is 28.5 Å². The molecule has 0 saturated carbocycles. The van der Waals surface area contributed by atoms with Crippen LogP contribution in [-0.4, -0.2) is 39.9 Å². The summed E-state index contributed by atoms with van der Waals surface area (Å²) < 4.78 is 0. The smallest absolute Gasteiger partial charge is 0.256 e. The highest BCUT2D eigenvalue weighted by molar-refractivity contribution is 5.95. The van der Waals surface area contributed by atoms with Crippen LogP contribution in [0.4, 0.5) is 0 Å². The summed E-state index contributed by atoms with van der Waals surface area (Å²) in [5.41, 5.74) is 4.19. The maximum atomic E-state index is 13.5. The van der Waals surface area contributed by atoms with E-state index in [-0.39, 0.29) is 11.8 Å². The van der Waals surface area contributed by atoms with E-state index in [1.165, 1.54) is 6.92 Å². The second-order valence-electron chi connectivity index (χ2n) is 10.5. The number of nitrogens with one attached hydrogen (secondary N) is 3. The summed E-state index contributed by atoms with van der Waals surface area (Å²) in [5, 5.41) is 17.3. The molecule has 1 aromatic heterocycles. The highest BCUT2D eigenvalue weighted by atomic mass is 16.3. The Kier molecular flexibility index (Phi) is 8.85. The van der Waals surface area contributed by atoms with Gasteiger partial charge in [0.25, 0.3) is 5.91 Å². The second-order valence-corrected chi connectivity index (χ2v) is 10.5. The van der Waals surface area contributed by atoms with Crippen molar-refractivity contribution in [3.8, 4) is 11.3 Å². The number of fused-ring (bicyclic) bond motifs is 1. The molecule has 9 nitrogen and oxygen atoms in total. The Balaban J connectivity index is 1.86. The molecule has 0 fully saturated rings. The molecule has 6 N–H and O–H groups in total. The fourth-order valence-electron chi connectivity index (χ4n) is 4.13. The van der Waals surface area contributed by atoms with Crippen LogP contribution in [-0.2, 0) is 19.8 Å². The van der Waals surface area contributed by atoms with Gasteiger partial charge in [0.05, 0.1) is 17.2 Å². The molecule has 3 aromatic rings. The van der Waals surface area contributed by atoms with Crippen molar-refractivity contribution in [3.63, 3.8) is 0 Å². The number of benzene rings is 2. The van der Waals surface area contributed by atoms with Crippen LogP contribution < -0.4 is 21.9 Å². The van der Waals surface area contributed by atoms with Crippen molar-refractivity contribution in [1.29, 1.82) is 0 Å². The average Bonchev–Trinajstić information content (AvgIpc) is 2.89. The third kappa shape index (κ3) is 6.35. The summed E-state index contributed by atoms with van der Waals surface area (Å²) in [6, 6.07) is 13.6. The first kappa shape index (κ1) is 28.7. The fourth-order valence-corrected chi connectivity index (χ4v) is 4.13. The molecule has 0 radical (unpaired) electrons. The van der Waals surface area contributed by atoms with Gasteiger partial charge in [0.1, 0.15) is 12.1 Å². The van der Waals surface area contributed by atoms with E-state index < -0.39 is 35.4 Å². The van der Waals surface area contributed by atoms with Gasteiger partial charge in [-0.1, -0.05) is 44.2 Å². The molecule has 38 heavy (non-hydrogen) atoms. The molecule has 0 spiro atoms. The summed E-state index contributed by atoms with van der Waals surface area (Å²) >= 11 is 0. The zero-order valence-corrected chi connectivity index (χ0v) is 22.7. The SMILES string of the molecule is CC(C)[C@H](NC(=O)C(C)(C)c1cccc(-c2cc3cc([C@@H](C)O)ccc3cn2)c1)C(=O)N[C@@H](C)C(=O)NN. The number of hydrogen-bond donors (Lipinski definition) is 5. The lowest BCUT2D eigenvalue weighted by atomic mass is 9.82. The number of aliphatic hydroxyl groups is 1. The molecule has 0 saturated heterocycles. The Hall–Kier alpha value is -3.82. The van der Waals surface area contributed by atoms with Gasteiger partial charge in [-0.3, -0.25) is 24.8 Å². The Morgan fingerprint density at radius 2 is 1.63 bits per heavy atom. The minimum atomic E-state index is -0.972. The highest BCUT2D eigenvalue weighted by Gasteiger charge is 2.35. The van der Waals surface area contributed by atoms with E-state index in [4.69, 9.17) is 5.84 Å². The monoisotopic (exact) mass is 519 g/mol. The number of aliphatic hydroxyl groups excluding tert-OH is 1.